The van der Waals surface area contributed by atoms with Crippen LogP contribution in [0.25, 0.3) is 0 Å². The van der Waals surface area contributed by atoms with Gasteiger partial charge in [-0.2, -0.15) is 0 Å². The number of para-hydroxylation sites is 1. The van der Waals surface area contributed by atoms with E-state index in [1.54, 1.807) is 0 Å². The predicted octanol–water partition coefficient (Wildman–Crippen LogP) is 2.96. The lowest BCUT2D eigenvalue weighted by Crippen LogP contribution is -2.48. The van der Waals surface area contributed by atoms with Crippen LogP contribution in [0.15, 0.2) is 48.5 Å². The molecule has 2 atom stereocenters. The van der Waals surface area contributed by atoms with Crippen LogP contribution in [-0.4, -0.2) is 25.0 Å². The number of aryl methyl sites for hydroxylation is 1. The second kappa shape index (κ2) is 5.25. The highest BCUT2D eigenvalue weighted by Crippen LogP contribution is 2.38. The Labute approximate surface area is 131 Å². The van der Waals surface area contributed by atoms with E-state index >= 15 is 0 Å². The number of nitrogens with zero attached hydrogens (tertiary/aromatic N) is 1. The van der Waals surface area contributed by atoms with Gasteiger partial charge in [0.2, 0.25) is 0 Å². The first kappa shape index (κ1) is 13.5. The summed E-state index contributed by atoms with van der Waals surface area (Å²) in [6.45, 7) is 3.97. The normalized spacial score (nSPS) is 23.3. The maximum atomic E-state index is 13.1. The minimum atomic E-state index is 0.133. The van der Waals surface area contributed by atoms with Crippen molar-refractivity contribution in [2.75, 3.05) is 18.0 Å². The molecule has 2 aliphatic heterocycles. The molecule has 2 aliphatic rings. The summed E-state index contributed by atoms with van der Waals surface area (Å²) in [4.78, 5) is 15.0. The van der Waals surface area contributed by atoms with E-state index in [1.807, 2.05) is 41.3 Å². The summed E-state index contributed by atoms with van der Waals surface area (Å²) in [5, 5.41) is 3.47. The summed E-state index contributed by atoms with van der Waals surface area (Å²) >= 11 is 0. The second-order valence-electron chi connectivity index (χ2n) is 6.12. The third-order valence-corrected chi connectivity index (χ3v) is 4.92. The monoisotopic (exact) mass is 292 g/mol. The highest BCUT2D eigenvalue weighted by atomic mass is 16.2. The van der Waals surface area contributed by atoms with Gasteiger partial charge in [-0.3, -0.25) is 4.79 Å². The van der Waals surface area contributed by atoms with E-state index in [-0.39, 0.29) is 11.9 Å². The van der Waals surface area contributed by atoms with Crippen molar-refractivity contribution in [3.05, 3.63) is 65.2 Å². The molecule has 2 aromatic carbocycles. The molecular weight excluding hydrogens is 272 g/mol. The summed E-state index contributed by atoms with van der Waals surface area (Å²) in [7, 11) is 0. The molecule has 112 valence electrons. The fourth-order valence-electron chi connectivity index (χ4n) is 3.76. The number of hydrogen-bond acceptors (Lipinski definition) is 2. The van der Waals surface area contributed by atoms with Crippen molar-refractivity contribution in [2.45, 2.75) is 25.3 Å². The molecule has 0 aromatic heterocycles. The average molecular weight is 292 g/mol. The molecule has 2 heterocycles. The summed E-state index contributed by atoms with van der Waals surface area (Å²) < 4.78 is 0. The summed E-state index contributed by atoms with van der Waals surface area (Å²) in [5.41, 5.74) is 4.40. The molecule has 0 unspecified atom stereocenters. The molecule has 2 aromatic rings. The third-order valence-electron chi connectivity index (χ3n) is 4.92. The maximum absolute atomic E-state index is 13.1. The van der Waals surface area contributed by atoms with E-state index in [2.05, 4.69) is 24.4 Å². The van der Waals surface area contributed by atoms with E-state index in [1.165, 1.54) is 11.1 Å². The van der Waals surface area contributed by atoms with Crippen LogP contribution in [0.2, 0.25) is 0 Å². The van der Waals surface area contributed by atoms with Crippen LogP contribution in [0.4, 0.5) is 5.69 Å². The quantitative estimate of drug-likeness (QED) is 0.923. The zero-order valence-electron chi connectivity index (χ0n) is 12.8. The summed E-state index contributed by atoms with van der Waals surface area (Å²) in [5.74, 6) is 0.521. The van der Waals surface area contributed by atoms with Gasteiger partial charge in [-0.15, -0.1) is 0 Å². The van der Waals surface area contributed by atoms with Gasteiger partial charge in [0, 0.05) is 30.3 Å². The third kappa shape index (κ3) is 1.97. The number of amides is 1. The van der Waals surface area contributed by atoms with Crippen molar-refractivity contribution >= 4 is 11.6 Å². The first-order valence-corrected chi connectivity index (χ1v) is 8.01. The van der Waals surface area contributed by atoms with Crippen LogP contribution in [0.1, 0.15) is 34.3 Å². The molecule has 22 heavy (non-hydrogen) atoms. The Morgan fingerprint density at radius 1 is 1.14 bits per heavy atom. The van der Waals surface area contributed by atoms with Gasteiger partial charge in [-0.1, -0.05) is 37.3 Å². The number of fused-ring (bicyclic) bond motifs is 3. The van der Waals surface area contributed by atoms with E-state index in [9.17, 15) is 4.79 Å². The number of carbonyl (C=O) groups excluding carboxylic acids is 1. The van der Waals surface area contributed by atoms with Crippen LogP contribution in [-0.2, 0) is 6.42 Å². The minimum Gasteiger partial charge on any atom is -0.314 e. The lowest BCUT2D eigenvalue weighted by molar-refractivity contribution is 0.0966. The number of anilines is 1. The van der Waals surface area contributed by atoms with Crippen molar-refractivity contribution in [3.8, 4) is 0 Å². The molecule has 0 bridgehead atoms. The van der Waals surface area contributed by atoms with Gasteiger partial charge in [-0.05, 0) is 35.7 Å². The van der Waals surface area contributed by atoms with Gasteiger partial charge < -0.3 is 10.2 Å². The number of rotatable bonds is 2. The highest BCUT2D eigenvalue weighted by Gasteiger charge is 2.42. The summed E-state index contributed by atoms with van der Waals surface area (Å²) in [6.07, 6.45) is 1.01. The van der Waals surface area contributed by atoms with Gasteiger partial charge >= 0.3 is 0 Å². The molecule has 1 fully saturated rings. The fraction of sp³-hybridized carbons (Fsp3) is 0.316. The Bertz CT molecular complexity index is 711. The van der Waals surface area contributed by atoms with Crippen molar-refractivity contribution in [3.63, 3.8) is 0 Å². The lowest BCUT2D eigenvalue weighted by atomic mass is 9.83. The van der Waals surface area contributed by atoms with E-state index in [0.29, 0.717) is 5.92 Å². The lowest BCUT2D eigenvalue weighted by Gasteiger charge is -2.38. The van der Waals surface area contributed by atoms with Crippen molar-refractivity contribution in [1.29, 1.82) is 0 Å². The SMILES string of the molecule is CCc1ccc2c(c1)[C@H]1CNC[C@@H]1N(c1ccccc1)C2=O. The number of hydrogen-bond donors (Lipinski definition) is 1. The molecule has 1 saturated heterocycles. The smallest absolute Gasteiger partial charge is 0.258 e. The van der Waals surface area contributed by atoms with Gasteiger partial charge in [0.05, 0.1) is 6.04 Å². The van der Waals surface area contributed by atoms with Gasteiger partial charge in [0.1, 0.15) is 0 Å². The molecule has 0 aliphatic carbocycles. The van der Waals surface area contributed by atoms with Crippen LogP contribution in [0.3, 0.4) is 0 Å². The molecule has 3 heteroatoms. The standard InChI is InChI=1S/C19H20N2O/c1-2-13-8-9-15-16(10-13)17-11-20-12-18(17)21(19(15)22)14-6-4-3-5-7-14/h3-10,17-18,20H,2,11-12H2,1H3/t17-,18+/m1/s1. The Balaban J connectivity index is 1.85. The highest BCUT2D eigenvalue weighted by molar-refractivity contribution is 6.09. The van der Waals surface area contributed by atoms with Gasteiger partial charge in [0.15, 0.2) is 0 Å². The molecular formula is C19H20N2O. The molecule has 0 radical (unpaired) electrons. The zero-order chi connectivity index (χ0) is 15.1. The van der Waals surface area contributed by atoms with Crippen LogP contribution in [0, 0.1) is 0 Å². The fourth-order valence-corrected chi connectivity index (χ4v) is 3.76. The molecule has 0 spiro atoms. The molecule has 4 rings (SSSR count). The largest absolute Gasteiger partial charge is 0.314 e. The Morgan fingerprint density at radius 2 is 1.95 bits per heavy atom. The Kier molecular flexibility index (Phi) is 3.23. The number of nitrogens with one attached hydrogen (secondary N) is 1. The Hall–Kier alpha value is -2.13. The number of carbonyl (C=O) groups is 1. The number of benzene rings is 2. The molecule has 1 N–H and O–H groups in total. The summed E-state index contributed by atoms with van der Waals surface area (Å²) in [6, 6.07) is 16.6. The van der Waals surface area contributed by atoms with Crippen LogP contribution >= 0.6 is 0 Å². The first-order valence-electron chi connectivity index (χ1n) is 8.01. The zero-order valence-corrected chi connectivity index (χ0v) is 12.8. The first-order chi connectivity index (χ1) is 10.8. The van der Waals surface area contributed by atoms with E-state index in [4.69, 9.17) is 0 Å². The van der Waals surface area contributed by atoms with Crippen LogP contribution in [0.5, 0.6) is 0 Å². The van der Waals surface area contributed by atoms with Crippen molar-refractivity contribution in [1.82, 2.24) is 5.32 Å². The molecule has 3 nitrogen and oxygen atoms in total. The predicted molar refractivity (Wildman–Crippen MR) is 88.5 cm³/mol. The average Bonchev–Trinajstić information content (AvgIpc) is 3.05. The Morgan fingerprint density at radius 3 is 2.73 bits per heavy atom. The van der Waals surface area contributed by atoms with Gasteiger partial charge in [-0.25, -0.2) is 0 Å². The maximum Gasteiger partial charge on any atom is 0.258 e. The second-order valence-corrected chi connectivity index (χ2v) is 6.12. The van der Waals surface area contributed by atoms with Crippen LogP contribution < -0.4 is 10.2 Å². The molecule has 1 amide bonds. The topological polar surface area (TPSA) is 32.3 Å². The van der Waals surface area contributed by atoms with E-state index < -0.39 is 0 Å². The van der Waals surface area contributed by atoms with E-state index in [0.717, 1.165) is 30.8 Å². The van der Waals surface area contributed by atoms with Crippen molar-refractivity contribution < 1.29 is 4.79 Å². The van der Waals surface area contributed by atoms with Crippen molar-refractivity contribution in [2.24, 2.45) is 0 Å². The minimum absolute atomic E-state index is 0.133. The van der Waals surface area contributed by atoms with Gasteiger partial charge in [0.25, 0.3) is 5.91 Å². The molecule has 0 saturated carbocycles.